The first kappa shape index (κ1) is 16.5. The van der Waals surface area contributed by atoms with Gasteiger partial charge in [-0.15, -0.1) is 12.4 Å². The monoisotopic (exact) mass is 321 g/mol. The van der Waals surface area contributed by atoms with Crippen molar-refractivity contribution in [1.29, 1.82) is 0 Å². The Kier molecular flexibility index (Phi) is 5.15. The summed E-state index contributed by atoms with van der Waals surface area (Å²) in [6.45, 7) is 1.85. The molecule has 118 valence electrons. The number of nitrogens with one attached hydrogen (secondary N) is 2. The van der Waals surface area contributed by atoms with E-state index in [0.29, 0.717) is 5.82 Å². The van der Waals surface area contributed by atoms with E-state index in [9.17, 15) is 4.79 Å². The number of benzene rings is 1. The quantitative estimate of drug-likeness (QED) is 0.807. The lowest BCUT2D eigenvalue weighted by Gasteiger charge is -2.15. The minimum Gasteiger partial charge on any atom is -0.327 e. The van der Waals surface area contributed by atoms with Crippen LogP contribution >= 0.6 is 12.4 Å². The van der Waals surface area contributed by atoms with E-state index in [1.54, 1.807) is 0 Å². The Bertz CT molecular complexity index is 657. The number of carbonyl (C=O) groups is 1. The van der Waals surface area contributed by atoms with Crippen molar-refractivity contribution in [3.8, 4) is 11.4 Å². The van der Waals surface area contributed by atoms with Gasteiger partial charge < -0.3 is 11.1 Å². The van der Waals surface area contributed by atoms with Gasteiger partial charge in [0.15, 0.2) is 5.82 Å². The van der Waals surface area contributed by atoms with Gasteiger partial charge in [0, 0.05) is 17.3 Å². The van der Waals surface area contributed by atoms with Crippen LogP contribution in [0.2, 0.25) is 0 Å². The van der Waals surface area contributed by atoms with Crippen molar-refractivity contribution in [2.75, 3.05) is 5.32 Å². The number of carbonyl (C=O) groups excluding carboxylic acids is 1. The molecule has 3 rings (SSSR count). The zero-order valence-corrected chi connectivity index (χ0v) is 13.2. The second kappa shape index (κ2) is 6.89. The molecule has 0 saturated heterocycles. The fraction of sp³-hybridized carbons (Fsp3) is 0.400. The normalized spacial score (nSPS) is 20.5. The van der Waals surface area contributed by atoms with Crippen LogP contribution in [0.4, 0.5) is 5.69 Å². The van der Waals surface area contributed by atoms with Gasteiger partial charge in [-0.2, -0.15) is 5.10 Å². The standard InChI is InChI=1S/C15H19N5O.ClH/c1-9-17-14(20-19-9)10-4-2-5-11(8-10)18-15(21)12-6-3-7-13(12)16;/h2,4-5,8,12-13H,3,6-7,16H2,1H3,(H,18,21)(H,17,19,20);1H. The maximum atomic E-state index is 12.2. The molecule has 1 fully saturated rings. The molecule has 1 saturated carbocycles. The zero-order valence-electron chi connectivity index (χ0n) is 12.4. The number of hydrogen-bond acceptors (Lipinski definition) is 4. The highest BCUT2D eigenvalue weighted by Crippen LogP contribution is 2.26. The number of aromatic amines is 1. The molecule has 1 aliphatic rings. The molecule has 0 bridgehead atoms. The Morgan fingerprint density at radius 2 is 2.23 bits per heavy atom. The van der Waals surface area contributed by atoms with Crippen LogP contribution in [0.1, 0.15) is 25.1 Å². The molecule has 1 aliphatic carbocycles. The number of halogens is 1. The molecule has 0 aliphatic heterocycles. The summed E-state index contributed by atoms with van der Waals surface area (Å²) < 4.78 is 0. The van der Waals surface area contributed by atoms with Crippen molar-refractivity contribution in [1.82, 2.24) is 15.2 Å². The van der Waals surface area contributed by atoms with E-state index in [1.807, 2.05) is 31.2 Å². The fourth-order valence-corrected chi connectivity index (χ4v) is 2.76. The van der Waals surface area contributed by atoms with E-state index in [4.69, 9.17) is 5.73 Å². The minimum atomic E-state index is -0.0839. The van der Waals surface area contributed by atoms with Gasteiger partial charge in [0.1, 0.15) is 5.82 Å². The largest absolute Gasteiger partial charge is 0.327 e. The fourth-order valence-electron chi connectivity index (χ4n) is 2.76. The molecule has 22 heavy (non-hydrogen) atoms. The van der Waals surface area contributed by atoms with Gasteiger partial charge in [0.05, 0.1) is 5.92 Å². The molecular weight excluding hydrogens is 302 g/mol. The summed E-state index contributed by atoms with van der Waals surface area (Å²) in [6, 6.07) is 7.51. The van der Waals surface area contributed by atoms with E-state index in [1.165, 1.54) is 0 Å². The lowest BCUT2D eigenvalue weighted by molar-refractivity contribution is -0.120. The van der Waals surface area contributed by atoms with Crippen molar-refractivity contribution in [3.63, 3.8) is 0 Å². The lowest BCUT2D eigenvalue weighted by atomic mass is 10.0. The summed E-state index contributed by atoms with van der Waals surface area (Å²) in [7, 11) is 0. The Morgan fingerprint density at radius 1 is 1.41 bits per heavy atom. The van der Waals surface area contributed by atoms with Gasteiger partial charge >= 0.3 is 0 Å². The molecule has 1 aromatic carbocycles. The maximum Gasteiger partial charge on any atom is 0.229 e. The van der Waals surface area contributed by atoms with E-state index >= 15 is 0 Å². The first-order valence-corrected chi connectivity index (χ1v) is 7.19. The van der Waals surface area contributed by atoms with Crippen molar-refractivity contribution < 1.29 is 4.79 Å². The Balaban J connectivity index is 0.00000176. The van der Waals surface area contributed by atoms with Crippen LogP contribution in [-0.2, 0) is 4.79 Å². The van der Waals surface area contributed by atoms with E-state index in [-0.39, 0.29) is 30.3 Å². The third-order valence-corrected chi connectivity index (χ3v) is 3.89. The number of hydrogen-bond donors (Lipinski definition) is 3. The van der Waals surface area contributed by atoms with Gasteiger partial charge in [0.2, 0.25) is 5.91 Å². The summed E-state index contributed by atoms with van der Waals surface area (Å²) in [6.07, 6.45) is 2.82. The van der Waals surface area contributed by atoms with Gasteiger partial charge in [-0.3, -0.25) is 9.89 Å². The molecule has 6 nitrogen and oxygen atoms in total. The van der Waals surface area contributed by atoms with Crippen molar-refractivity contribution >= 4 is 24.0 Å². The van der Waals surface area contributed by atoms with Crippen molar-refractivity contribution in [2.45, 2.75) is 32.2 Å². The number of rotatable bonds is 3. The van der Waals surface area contributed by atoms with Crippen LogP contribution in [0.15, 0.2) is 24.3 Å². The third-order valence-electron chi connectivity index (χ3n) is 3.89. The van der Waals surface area contributed by atoms with E-state index in [0.717, 1.165) is 36.3 Å². The predicted molar refractivity (Wildman–Crippen MR) is 87.7 cm³/mol. The number of anilines is 1. The summed E-state index contributed by atoms with van der Waals surface area (Å²) in [5.74, 6) is 1.31. The molecule has 1 aromatic heterocycles. The first-order chi connectivity index (χ1) is 10.1. The molecule has 1 heterocycles. The highest BCUT2D eigenvalue weighted by molar-refractivity contribution is 5.93. The average Bonchev–Trinajstić information content (AvgIpc) is 3.08. The number of nitrogens with zero attached hydrogens (tertiary/aromatic N) is 2. The van der Waals surface area contributed by atoms with Crippen LogP contribution in [0.5, 0.6) is 0 Å². The van der Waals surface area contributed by atoms with E-state index < -0.39 is 0 Å². The lowest BCUT2D eigenvalue weighted by Crippen LogP contribution is -2.34. The number of aryl methyl sites for hydroxylation is 1. The van der Waals surface area contributed by atoms with Gasteiger partial charge in [-0.1, -0.05) is 18.6 Å². The second-order valence-corrected chi connectivity index (χ2v) is 5.52. The summed E-state index contributed by atoms with van der Waals surface area (Å²) >= 11 is 0. The Morgan fingerprint density at radius 3 is 2.86 bits per heavy atom. The van der Waals surface area contributed by atoms with Crippen molar-refractivity contribution in [3.05, 3.63) is 30.1 Å². The second-order valence-electron chi connectivity index (χ2n) is 5.52. The molecule has 2 aromatic rings. The average molecular weight is 322 g/mol. The van der Waals surface area contributed by atoms with Gasteiger partial charge in [-0.05, 0) is 31.9 Å². The van der Waals surface area contributed by atoms with Crippen LogP contribution in [0.3, 0.4) is 0 Å². The van der Waals surface area contributed by atoms with E-state index in [2.05, 4.69) is 20.5 Å². The number of aromatic nitrogens is 3. The summed E-state index contributed by atoms with van der Waals surface area (Å²) in [4.78, 5) is 16.5. The summed E-state index contributed by atoms with van der Waals surface area (Å²) in [5.41, 5.74) is 7.59. The SMILES string of the molecule is Cc1nc(-c2cccc(NC(=O)C3CCCC3N)c2)n[nH]1.Cl. The highest BCUT2D eigenvalue weighted by Gasteiger charge is 2.30. The molecular formula is C15H20ClN5O. The number of nitrogens with two attached hydrogens (primary N) is 1. The number of H-pyrrole nitrogens is 1. The topological polar surface area (TPSA) is 96.7 Å². The van der Waals surface area contributed by atoms with Crippen LogP contribution in [0.25, 0.3) is 11.4 Å². The molecule has 4 N–H and O–H groups in total. The van der Waals surface area contributed by atoms with Crippen molar-refractivity contribution in [2.24, 2.45) is 11.7 Å². The highest BCUT2D eigenvalue weighted by atomic mass is 35.5. The van der Waals surface area contributed by atoms with Gasteiger partial charge in [-0.25, -0.2) is 4.98 Å². The van der Waals surface area contributed by atoms with Crippen LogP contribution in [-0.4, -0.2) is 27.1 Å². The third kappa shape index (κ3) is 3.45. The minimum absolute atomic E-state index is 0. The van der Waals surface area contributed by atoms with Crippen LogP contribution < -0.4 is 11.1 Å². The van der Waals surface area contributed by atoms with Gasteiger partial charge in [0.25, 0.3) is 0 Å². The molecule has 0 radical (unpaired) electrons. The molecule has 2 atom stereocenters. The molecule has 7 heteroatoms. The first-order valence-electron chi connectivity index (χ1n) is 7.19. The summed E-state index contributed by atoms with van der Waals surface area (Å²) in [5, 5.41) is 9.89. The predicted octanol–water partition coefficient (Wildman–Crippen LogP) is 2.27. The molecule has 0 spiro atoms. The Hall–Kier alpha value is -1.92. The van der Waals surface area contributed by atoms with Crippen LogP contribution in [0, 0.1) is 12.8 Å². The zero-order chi connectivity index (χ0) is 14.8. The smallest absolute Gasteiger partial charge is 0.229 e. The Labute approximate surface area is 135 Å². The number of amides is 1. The molecule has 2 unspecified atom stereocenters. The molecule has 1 amide bonds. The maximum absolute atomic E-state index is 12.2.